The van der Waals surface area contributed by atoms with Crippen LogP contribution in [-0.4, -0.2) is 35.1 Å². The van der Waals surface area contributed by atoms with Gasteiger partial charge in [0.2, 0.25) is 0 Å². The predicted octanol–water partition coefficient (Wildman–Crippen LogP) is 2.26. The lowest BCUT2D eigenvalue weighted by Crippen LogP contribution is -2.39. The Labute approximate surface area is 118 Å². The summed E-state index contributed by atoms with van der Waals surface area (Å²) in [5, 5.41) is 10.9. The summed E-state index contributed by atoms with van der Waals surface area (Å²) in [6.07, 6.45) is 0.544. The van der Waals surface area contributed by atoms with Gasteiger partial charge in [-0.1, -0.05) is 5.92 Å². The fourth-order valence-electron chi connectivity index (χ4n) is 1.42. The van der Waals surface area contributed by atoms with E-state index in [9.17, 15) is 22.8 Å². The Bertz CT molecular complexity index is 562. The summed E-state index contributed by atoms with van der Waals surface area (Å²) < 4.78 is 37.1. The summed E-state index contributed by atoms with van der Waals surface area (Å²) in [5.41, 5.74) is -0.757. The first-order valence-electron chi connectivity index (χ1n) is 5.62. The molecule has 1 rings (SSSR count). The Morgan fingerprint density at radius 3 is 2.29 bits per heavy atom. The third-order valence-corrected chi connectivity index (χ3v) is 2.36. The van der Waals surface area contributed by atoms with Crippen LogP contribution in [0.1, 0.15) is 5.56 Å². The first kappa shape index (κ1) is 16.4. The summed E-state index contributed by atoms with van der Waals surface area (Å²) in [7, 11) is 0. The molecule has 0 unspecified atom stereocenters. The van der Waals surface area contributed by atoms with E-state index < -0.39 is 30.3 Å². The minimum atomic E-state index is -4.47. The maximum Gasteiger partial charge on any atom is 0.416 e. The van der Waals surface area contributed by atoms with Gasteiger partial charge in [0.25, 0.3) is 0 Å². The van der Waals surface area contributed by atoms with Gasteiger partial charge in [-0.15, -0.1) is 6.42 Å². The van der Waals surface area contributed by atoms with Crippen molar-refractivity contribution in [1.29, 1.82) is 0 Å². The highest BCUT2D eigenvalue weighted by Gasteiger charge is 2.30. The second-order valence-electron chi connectivity index (χ2n) is 3.96. The first-order valence-corrected chi connectivity index (χ1v) is 5.62. The van der Waals surface area contributed by atoms with Gasteiger partial charge in [-0.25, -0.2) is 4.79 Å². The maximum atomic E-state index is 12.4. The predicted molar refractivity (Wildman–Crippen MR) is 68.5 cm³/mol. The molecule has 21 heavy (non-hydrogen) atoms. The number of alkyl halides is 3. The molecule has 0 saturated carbocycles. The number of hydrogen-bond donors (Lipinski definition) is 2. The Morgan fingerprint density at radius 2 is 1.86 bits per heavy atom. The molecule has 0 aliphatic rings. The number of rotatable bonds is 4. The number of hydrogen-bond acceptors (Lipinski definition) is 2. The number of amides is 2. The minimum Gasteiger partial charge on any atom is -0.480 e. The lowest BCUT2D eigenvalue weighted by atomic mass is 10.2. The third kappa shape index (κ3) is 5.06. The Kier molecular flexibility index (Phi) is 5.18. The lowest BCUT2D eigenvalue weighted by Gasteiger charge is -2.18. The van der Waals surface area contributed by atoms with Crippen molar-refractivity contribution in [2.75, 3.05) is 18.4 Å². The first-order chi connectivity index (χ1) is 9.74. The summed E-state index contributed by atoms with van der Waals surface area (Å²) in [4.78, 5) is 23.2. The number of aliphatic carboxylic acids is 1. The maximum absolute atomic E-state index is 12.4. The number of terminal acetylenes is 1. The van der Waals surface area contributed by atoms with Crippen molar-refractivity contribution in [3.63, 3.8) is 0 Å². The topological polar surface area (TPSA) is 69.6 Å². The molecular weight excluding hydrogens is 289 g/mol. The number of carbonyl (C=O) groups is 2. The molecule has 0 aliphatic heterocycles. The molecule has 2 amide bonds. The standard InChI is InChI=1S/C13H11F3N2O3/c1-2-7-18(8-11(19)20)12(21)17-10-5-3-9(4-6-10)13(14,15)16/h1,3-6H,7-8H2,(H,17,21)(H,19,20). The Hall–Kier alpha value is -2.69. The average molecular weight is 300 g/mol. The van der Waals surface area contributed by atoms with Crippen LogP contribution in [0.25, 0.3) is 0 Å². The molecule has 0 spiro atoms. The van der Waals surface area contributed by atoms with E-state index in [1.54, 1.807) is 0 Å². The van der Waals surface area contributed by atoms with Gasteiger partial charge in [-0.2, -0.15) is 13.2 Å². The molecule has 5 nitrogen and oxygen atoms in total. The van der Waals surface area contributed by atoms with E-state index in [1.165, 1.54) is 0 Å². The van der Waals surface area contributed by atoms with Crippen LogP contribution in [0.5, 0.6) is 0 Å². The molecule has 2 N–H and O–H groups in total. The number of urea groups is 1. The number of nitrogens with zero attached hydrogens (tertiary/aromatic N) is 1. The molecule has 8 heteroatoms. The second kappa shape index (κ2) is 6.65. The van der Waals surface area contributed by atoms with Crippen LogP contribution in [0, 0.1) is 12.3 Å². The molecule has 0 heterocycles. The highest BCUT2D eigenvalue weighted by atomic mass is 19.4. The van der Waals surface area contributed by atoms with Crippen LogP contribution >= 0.6 is 0 Å². The van der Waals surface area contributed by atoms with E-state index >= 15 is 0 Å². The van der Waals surface area contributed by atoms with Crippen molar-refractivity contribution in [3.8, 4) is 12.3 Å². The largest absolute Gasteiger partial charge is 0.480 e. The zero-order valence-corrected chi connectivity index (χ0v) is 10.6. The van der Waals surface area contributed by atoms with Crippen molar-refractivity contribution in [2.24, 2.45) is 0 Å². The van der Waals surface area contributed by atoms with Crippen molar-refractivity contribution in [2.45, 2.75) is 6.18 Å². The van der Waals surface area contributed by atoms with Gasteiger partial charge in [0.15, 0.2) is 0 Å². The van der Waals surface area contributed by atoms with Crippen molar-refractivity contribution in [3.05, 3.63) is 29.8 Å². The highest BCUT2D eigenvalue weighted by molar-refractivity contribution is 5.91. The average Bonchev–Trinajstić information content (AvgIpc) is 2.37. The fraction of sp³-hybridized carbons (Fsp3) is 0.231. The molecule has 1 aromatic carbocycles. The summed E-state index contributed by atoms with van der Waals surface area (Å²) in [6.45, 7) is -0.852. The van der Waals surface area contributed by atoms with E-state index in [2.05, 4.69) is 11.2 Å². The van der Waals surface area contributed by atoms with E-state index in [0.717, 1.165) is 29.2 Å². The molecule has 0 aliphatic carbocycles. The smallest absolute Gasteiger partial charge is 0.416 e. The van der Waals surface area contributed by atoms with Gasteiger partial charge >= 0.3 is 18.2 Å². The van der Waals surface area contributed by atoms with E-state index in [-0.39, 0.29) is 12.2 Å². The molecule has 1 aromatic rings. The number of nitrogens with one attached hydrogen (secondary N) is 1. The molecule has 0 aromatic heterocycles. The second-order valence-corrected chi connectivity index (χ2v) is 3.96. The molecular formula is C13H11F3N2O3. The molecule has 0 bridgehead atoms. The SMILES string of the molecule is C#CCN(CC(=O)O)C(=O)Nc1ccc(C(F)(F)F)cc1. The van der Waals surface area contributed by atoms with Crippen LogP contribution in [0.4, 0.5) is 23.7 Å². The number of carboxylic acids is 1. The number of carbonyl (C=O) groups excluding carboxylic acids is 1. The minimum absolute atomic E-state index is 0.0976. The molecule has 0 saturated heterocycles. The summed E-state index contributed by atoms with van der Waals surface area (Å²) >= 11 is 0. The molecule has 112 valence electrons. The molecule has 0 fully saturated rings. The van der Waals surface area contributed by atoms with Gasteiger partial charge in [0, 0.05) is 5.69 Å². The Morgan fingerprint density at radius 1 is 1.29 bits per heavy atom. The number of carboxylic acid groups (broad SMARTS) is 1. The molecule has 0 radical (unpaired) electrons. The van der Waals surface area contributed by atoms with E-state index in [4.69, 9.17) is 11.5 Å². The van der Waals surface area contributed by atoms with E-state index in [0.29, 0.717) is 0 Å². The molecule has 0 atom stereocenters. The zero-order chi connectivity index (χ0) is 16.0. The van der Waals surface area contributed by atoms with Crippen LogP contribution in [0.15, 0.2) is 24.3 Å². The van der Waals surface area contributed by atoms with Gasteiger partial charge in [0.05, 0.1) is 12.1 Å². The quantitative estimate of drug-likeness (QED) is 0.838. The van der Waals surface area contributed by atoms with Crippen LogP contribution in [0.3, 0.4) is 0 Å². The van der Waals surface area contributed by atoms with Gasteiger partial charge in [0.1, 0.15) is 6.54 Å². The monoisotopic (exact) mass is 300 g/mol. The highest BCUT2D eigenvalue weighted by Crippen LogP contribution is 2.29. The number of anilines is 1. The lowest BCUT2D eigenvalue weighted by molar-refractivity contribution is -0.138. The fourth-order valence-corrected chi connectivity index (χ4v) is 1.42. The van der Waals surface area contributed by atoms with Crippen LogP contribution in [-0.2, 0) is 11.0 Å². The van der Waals surface area contributed by atoms with Crippen molar-refractivity contribution >= 4 is 17.7 Å². The van der Waals surface area contributed by atoms with Crippen LogP contribution < -0.4 is 5.32 Å². The third-order valence-electron chi connectivity index (χ3n) is 2.36. The zero-order valence-electron chi connectivity index (χ0n) is 10.6. The number of benzene rings is 1. The van der Waals surface area contributed by atoms with Crippen molar-refractivity contribution < 1.29 is 27.9 Å². The van der Waals surface area contributed by atoms with E-state index in [1.807, 2.05) is 0 Å². The normalized spacial score (nSPS) is 10.6. The van der Waals surface area contributed by atoms with Gasteiger partial charge in [-0.05, 0) is 24.3 Å². The van der Waals surface area contributed by atoms with Crippen molar-refractivity contribution in [1.82, 2.24) is 4.90 Å². The number of halogens is 3. The summed E-state index contributed by atoms with van der Waals surface area (Å²) in [6, 6.07) is 2.93. The summed E-state index contributed by atoms with van der Waals surface area (Å²) in [5.74, 6) is 0.865. The van der Waals surface area contributed by atoms with Crippen LogP contribution in [0.2, 0.25) is 0 Å². The Balaban J connectivity index is 2.77. The van der Waals surface area contributed by atoms with Gasteiger partial charge < -0.3 is 15.3 Å². The van der Waals surface area contributed by atoms with Gasteiger partial charge in [-0.3, -0.25) is 4.79 Å².